The summed E-state index contributed by atoms with van der Waals surface area (Å²) in [5, 5.41) is 5.20. The lowest BCUT2D eigenvalue weighted by atomic mass is 9.96. The second-order valence-corrected chi connectivity index (χ2v) is 10.4. The van der Waals surface area contributed by atoms with Crippen molar-refractivity contribution in [1.29, 1.82) is 0 Å². The number of carbonyl (C=O) groups is 1. The van der Waals surface area contributed by atoms with E-state index in [1.165, 1.54) is 0 Å². The van der Waals surface area contributed by atoms with E-state index in [1.807, 2.05) is 59.8 Å². The van der Waals surface area contributed by atoms with Crippen LogP contribution in [-0.2, 0) is 4.79 Å². The lowest BCUT2D eigenvalue weighted by Crippen LogP contribution is -2.51. The molecule has 3 heterocycles. The molecule has 1 atom stereocenters. The number of aromatic amines is 1. The van der Waals surface area contributed by atoms with Crippen LogP contribution in [0.15, 0.2) is 67.0 Å². The minimum atomic E-state index is -0.258. The van der Waals surface area contributed by atoms with Crippen molar-refractivity contribution in [3.63, 3.8) is 0 Å². The number of piperazine rings is 1. The summed E-state index contributed by atoms with van der Waals surface area (Å²) >= 11 is 6.12. The molecular formula is C30H34ClN5O2. The topological polar surface area (TPSA) is 73.5 Å². The van der Waals surface area contributed by atoms with Crippen LogP contribution in [0.1, 0.15) is 25.3 Å². The molecule has 198 valence electrons. The van der Waals surface area contributed by atoms with E-state index in [0.717, 1.165) is 52.3 Å². The number of hydrogen-bond acceptors (Lipinski definition) is 5. The highest BCUT2D eigenvalue weighted by Gasteiger charge is 2.30. The molecule has 0 spiro atoms. The summed E-state index contributed by atoms with van der Waals surface area (Å²) in [5.41, 5.74) is 5.07. The Morgan fingerprint density at radius 3 is 2.58 bits per heavy atom. The second kappa shape index (κ2) is 11.5. The summed E-state index contributed by atoms with van der Waals surface area (Å²) in [6, 6.07) is 18.1. The first-order valence-electron chi connectivity index (χ1n) is 13.1. The molecule has 4 aromatic rings. The smallest absolute Gasteiger partial charge is 0.231 e. The molecule has 0 radical (unpaired) electrons. The normalized spacial score (nSPS) is 14.8. The van der Waals surface area contributed by atoms with E-state index in [2.05, 4.69) is 46.2 Å². The zero-order chi connectivity index (χ0) is 26.6. The number of amides is 1. The Morgan fingerprint density at radius 2 is 1.87 bits per heavy atom. The molecule has 1 amide bonds. The van der Waals surface area contributed by atoms with Gasteiger partial charge in [0.2, 0.25) is 5.91 Å². The van der Waals surface area contributed by atoms with Crippen LogP contribution in [0, 0.1) is 0 Å². The van der Waals surface area contributed by atoms with E-state index >= 15 is 0 Å². The van der Waals surface area contributed by atoms with Crippen molar-refractivity contribution in [3.8, 4) is 16.9 Å². The number of methoxy groups -OCH3 is 1. The van der Waals surface area contributed by atoms with Gasteiger partial charge in [-0.25, -0.2) is 4.98 Å². The van der Waals surface area contributed by atoms with E-state index in [-0.39, 0.29) is 11.8 Å². The Balaban J connectivity index is 1.39. The van der Waals surface area contributed by atoms with Crippen molar-refractivity contribution < 1.29 is 9.53 Å². The Kier molecular flexibility index (Phi) is 7.86. The lowest BCUT2D eigenvalue weighted by molar-refractivity contribution is -0.133. The highest BCUT2D eigenvalue weighted by molar-refractivity contribution is 6.30. The number of pyridine rings is 1. The van der Waals surface area contributed by atoms with Crippen molar-refractivity contribution in [2.45, 2.75) is 25.8 Å². The number of ether oxygens (including phenoxy) is 1. The van der Waals surface area contributed by atoms with Crippen molar-refractivity contribution in [1.82, 2.24) is 20.2 Å². The lowest BCUT2D eigenvalue weighted by Gasteiger charge is -2.38. The van der Waals surface area contributed by atoms with Crippen molar-refractivity contribution in [2.24, 2.45) is 0 Å². The summed E-state index contributed by atoms with van der Waals surface area (Å²) < 4.78 is 5.48. The van der Waals surface area contributed by atoms with Crippen LogP contribution in [-0.4, -0.2) is 66.7 Å². The third-order valence-corrected chi connectivity index (χ3v) is 7.40. The van der Waals surface area contributed by atoms with E-state index in [9.17, 15) is 4.79 Å². The van der Waals surface area contributed by atoms with Crippen LogP contribution in [0.2, 0.25) is 5.02 Å². The molecule has 2 aromatic heterocycles. The Hall–Kier alpha value is -3.55. The monoisotopic (exact) mass is 531 g/mol. The molecule has 0 aliphatic carbocycles. The van der Waals surface area contributed by atoms with E-state index in [4.69, 9.17) is 16.3 Å². The van der Waals surface area contributed by atoms with Crippen molar-refractivity contribution >= 4 is 34.2 Å². The maximum atomic E-state index is 13.8. The Morgan fingerprint density at radius 1 is 1.11 bits per heavy atom. The maximum Gasteiger partial charge on any atom is 0.231 e. The fraction of sp³-hybridized carbons (Fsp3) is 0.333. The van der Waals surface area contributed by atoms with E-state index in [0.29, 0.717) is 30.7 Å². The largest absolute Gasteiger partial charge is 0.497 e. The van der Waals surface area contributed by atoms with Crippen LogP contribution in [0.25, 0.3) is 22.2 Å². The van der Waals surface area contributed by atoms with Crippen LogP contribution in [0.4, 0.5) is 5.69 Å². The minimum Gasteiger partial charge on any atom is -0.497 e. The van der Waals surface area contributed by atoms with Gasteiger partial charge in [-0.15, -0.1) is 0 Å². The molecule has 38 heavy (non-hydrogen) atoms. The fourth-order valence-corrected chi connectivity index (χ4v) is 5.23. The van der Waals surface area contributed by atoms with Gasteiger partial charge < -0.3 is 24.8 Å². The summed E-state index contributed by atoms with van der Waals surface area (Å²) in [6.07, 6.45) is 3.85. The van der Waals surface area contributed by atoms with Gasteiger partial charge in [-0.1, -0.05) is 49.7 Å². The van der Waals surface area contributed by atoms with Crippen molar-refractivity contribution in [3.05, 3.63) is 77.6 Å². The number of anilines is 1. The van der Waals surface area contributed by atoms with E-state index in [1.54, 1.807) is 7.11 Å². The first-order valence-corrected chi connectivity index (χ1v) is 13.5. The van der Waals surface area contributed by atoms with Gasteiger partial charge in [0, 0.05) is 67.1 Å². The molecule has 1 aliphatic rings. The Bertz CT molecular complexity index is 1390. The number of carbonyl (C=O) groups excluding carboxylic acids is 1. The van der Waals surface area contributed by atoms with Gasteiger partial charge in [-0.2, -0.15) is 0 Å². The van der Waals surface area contributed by atoms with Gasteiger partial charge in [-0.3, -0.25) is 4.79 Å². The van der Waals surface area contributed by atoms with Crippen LogP contribution in [0.3, 0.4) is 0 Å². The van der Waals surface area contributed by atoms with Crippen LogP contribution >= 0.6 is 11.6 Å². The molecule has 2 aromatic carbocycles. The first-order chi connectivity index (χ1) is 18.4. The quantitative estimate of drug-likeness (QED) is 0.322. The number of nitrogens with zero attached hydrogens (tertiary/aromatic N) is 3. The van der Waals surface area contributed by atoms with Gasteiger partial charge in [0.05, 0.1) is 18.7 Å². The number of aromatic nitrogens is 2. The number of rotatable bonds is 8. The Labute approximate surface area is 228 Å². The molecule has 7 nitrogen and oxygen atoms in total. The third kappa shape index (κ3) is 5.49. The molecule has 1 saturated heterocycles. The molecule has 1 aliphatic heterocycles. The van der Waals surface area contributed by atoms with Gasteiger partial charge in [0.25, 0.3) is 0 Å². The standard InChI is InChI=1S/C30H34ClN5O2/c1-20(2)33-19-27(21-7-9-23(31)10-8-21)30(37)36-15-13-35(14-16-36)28-25-11-12-32-29(25)34-18-26(28)22-5-4-6-24(17-22)38-3/h4-12,17-18,20,27,33H,13-16,19H2,1-3H3,(H,32,34). The SMILES string of the molecule is COc1cccc(-c2cnc3[nH]ccc3c2N2CCN(C(=O)C(CNC(C)C)c3ccc(Cl)cc3)CC2)c1. The summed E-state index contributed by atoms with van der Waals surface area (Å²) in [7, 11) is 1.68. The van der Waals surface area contributed by atoms with Gasteiger partial charge in [-0.05, 0) is 41.5 Å². The molecule has 0 bridgehead atoms. The molecule has 8 heteroatoms. The zero-order valence-corrected chi connectivity index (χ0v) is 22.8. The van der Waals surface area contributed by atoms with Crippen molar-refractivity contribution in [2.75, 3.05) is 44.7 Å². The maximum absolute atomic E-state index is 13.8. The zero-order valence-electron chi connectivity index (χ0n) is 22.1. The molecule has 2 N–H and O–H groups in total. The molecular weight excluding hydrogens is 498 g/mol. The van der Waals surface area contributed by atoms with Crippen LogP contribution < -0.4 is 15.0 Å². The highest BCUT2D eigenvalue weighted by Crippen LogP contribution is 2.38. The van der Waals surface area contributed by atoms with Gasteiger partial charge >= 0.3 is 0 Å². The molecule has 1 unspecified atom stereocenters. The fourth-order valence-electron chi connectivity index (χ4n) is 5.10. The average molecular weight is 532 g/mol. The number of hydrogen-bond donors (Lipinski definition) is 2. The van der Waals surface area contributed by atoms with Gasteiger partial charge in [0.15, 0.2) is 0 Å². The first kappa shape index (κ1) is 26.1. The predicted octanol–water partition coefficient (Wildman–Crippen LogP) is 5.32. The number of halogens is 1. The molecule has 1 fully saturated rings. The number of benzene rings is 2. The summed E-state index contributed by atoms with van der Waals surface area (Å²) in [4.78, 5) is 26.1. The third-order valence-electron chi connectivity index (χ3n) is 7.15. The molecule has 0 saturated carbocycles. The second-order valence-electron chi connectivity index (χ2n) is 9.97. The highest BCUT2D eigenvalue weighted by atomic mass is 35.5. The average Bonchev–Trinajstić information content (AvgIpc) is 3.42. The molecule has 5 rings (SSSR count). The van der Waals surface area contributed by atoms with E-state index < -0.39 is 0 Å². The number of H-pyrrole nitrogens is 1. The number of nitrogens with one attached hydrogen (secondary N) is 2. The summed E-state index contributed by atoms with van der Waals surface area (Å²) in [6.45, 7) is 7.55. The minimum absolute atomic E-state index is 0.148. The van der Waals surface area contributed by atoms with Crippen LogP contribution in [0.5, 0.6) is 5.75 Å². The summed E-state index contributed by atoms with van der Waals surface area (Å²) in [5.74, 6) is 0.696. The number of fused-ring (bicyclic) bond motifs is 1. The van der Waals surface area contributed by atoms with Gasteiger partial charge in [0.1, 0.15) is 11.4 Å². The predicted molar refractivity (Wildman–Crippen MR) is 154 cm³/mol.